The Morgan fingerprint density at radius 1 is 1.28 bits per heavy atom. The van der Waals surface area contributed by atoms with Crippen LogP contribution in [0.1, 0.15) is 5.56 Å². The van der Waals surface area contributed by atoms with Crippen LogP contribution in [0.15, 0.2) is 52.0 Å². The van der Waals surface area contributed by atoms with Crippen LogP contribution in [0.2, 0.25) is 0 Å². The monoisotopic (exact) mass is 419 g/mol. The maximum atomic E-state index is 12.0. The molecular formula is C15H10BrN5O3S. The second-order valence-electron chi connectivity index (χ2n) is 4.95. The number of carbonyl (C=O) groups is 1. The normalized spacial score (nSPS) is 14.0. The number of anilines is 2. The molecule has 0 saturated carbocycles. The molecule has 3 N–H and O–H groups in total. The topological polar surface area (TPSA) is 109 Å². The van der Waals surface area contributed by atoms with E-state index in [1.807, 2.05) is 0 Å². The van der Waals surface area contributed by atoms with Gasteiger partial charge in [-0.05, 0) is 30.4 Å². The van der Waals surface area contributed by atoms with Gasteiger partial charge >= 0.3 is 0 Å². The number of nitro benzene ring substituents is 1. The summed E-state index contributed by atoms with van der Waals surface area (Å²) in [5.41, 5.74) is 4.42. The molecule has 1 amide bonds. The molecule has 2 aromatic carbocycles. The van der Waals surface area contributed by atoms with Gasteiger partial charge < -0.3 is 10.6 Å². The third-order valence-corrected chi connectivity index (χ3v) is 4.15. The molecule has 25 heavy (non-hydrogen) atoms. The van der Waals surface area contributed by atoms with Crippen LogP contribution in [0.5, 0.6) is 0 Å². The van der Waals surface area contributed by atoms with Gasteiger partial charge in [-0.1, -0.05) is 28.1 Å². The lowest BCUT2D eigenvalue weighted by molar-refractivity contribution is -0.384. The number of nitro groups is 1. The SMILES string of the molecule is O=C1Nc2cccc(Br)c2/C1=N/NC(=S)Nc1cccc([N+](=O)[O-])c1. The smallest absolute Gasteiger partial charge is 0.276 e. The Balaban J connectivity index is 1.75. The highest BCUT2D eigenvalue weighted by molar-refractivity contribution is 9.10. The Labute approximate surface area is 155 Å². The molecule has 0 bridgehead atoms. The molecule has 0 unspecified atom stereocenters. The number of thiocarbonyl (C=S) groups is 1. The number of carbonyl (C=O) groups excluding carboxylic acids is 1. The molecule has 10 heteroatoms. The van der Waals surface area contributed by atoms with Crippen LogP contribution in [0, 0.1) is 10.1 Å². The minimum absolute atomic E-state index is 0.0628. The third-order valence-electron chi connectivity index (χ3n) is 3.30. The quantitative estimate of drug-likeness (QED) is 0.400. The van der Waals surface area contributed by atoms with Crippen LogP contribution < -0.4 is 16.1 Å². The summed E-state index contributed by atoms with van der Waals surface area (Å²) in [4.78, 5) is 22.3. The van der Waals surface area contributed by atoms with Gasteiger partial charge in [-0.15, -0.1) is 0 Å². The number of fused-ring (bicyclic) bond motifs is 1. The second-order valence-corrected chi connectivity index (χ2v) is 6.21. The number of halogens is 1. The summed E-state index contributed by atoms with van der Waals surface area (Å²) in [7, 11) is 0. The molecule has 0 aliphatic carbocycles. The molecule has 0 radical (unpaired) electrons. The zero-order valence-electron chi connectivity index (χ0n) is 12.4. The minimum Gasteiger partial charge on any atom is -0.331 e. The van der Waals surface area contributed by atoms with Crippen molar-refractivity contribution in [1.29, 1.82) is 0 Å². The number of rotatable bonds is 3. The first-order valence-electron chi connectivity index (χ1n) is 6.95. The van der Waals surface area contributed by atoms with E-state index in [9.17, 15) is 14.9 Å². The average molecular weight is 420 g/mol. The van der Waals surface area contributed by atoms with E-state index in [1.165, 1.54) is 18.2 Å². The van der Waals surface area contributed by atoms with Crippen molar-refractivity contribution in [2.24, 2.45) is 5.10 Å². The highest BCUT2D eigenvalue weighted by Crippen LogP contribution is 2.30. The molecule has 2 aromatic rings. The van der Waals surface area contributed by atoms with Crippen molar-refractivity contribution in [2.75, 3.05) is 10.6 Å². The van der Waals surface area contributed by atoms with Gasteiger partial charge in [0.05, 0.1) is 10.6 Å². The molecule has 0 spiro atoms. The molecule has 0 fully saturated rings. The van der Waals surface area contributed by atoms with Crippen molar-refractivity contribution < 1.29 is 9.72 Å². The van der Waals surface area contributed by atoms with Crippen molar-refractivity contribution in [3.63, 3.8) is 0 Å². The van der Waals surface area contributed by atoms with Gasteiger partial charge in [-0.2, -0.15) is 5.10 Å². The number of hydrogen-bond acceptors (Lipinski definition) is 5. The van der Waals surface area contributed by atoms with E-state index < -0.39 is 4.92 Å². The highest BCUT2D eigenvalue weighted by atomic mass is 79.9. The molecule has 0 aromatic heterocycles. The van der Waals surface area contributed by atoms with E-state index in [2.05, 4.69) is 37.1 Å². The van der Waals surface area contributed by atoms with E-state index in [-0.39, 0.29) is 22.4 Å². The van der Waals surface area contributed by atoms with Crippen molar-refractivity contribution in [1.82, 2.24) is 5.43 Å². The summed E-state index contributed by atoms with van der Waals surface area (Å²) in [6.45, 7) is 0. The van der Waals surface area contributed by atoms with Crippen molar-refractivity contribution in [3.05, 3.63) is 62.6 Å². The standard InChI is InChI=1S/C15H10BrN5O3S/c16-10-5-2-6-11-12(10)13(14(22)18-11)19-20-15(25)17-8-3-1-4-9(7-8)21(23)24/h1-7H,(H2,17,20,25)(H,18,19,22). The largest absolute Gasteiger partial charge is 0.331 e. The van der Waals surface area contributed by atoms with E-state index in [1.54, 1.807) is 24.3 Å². The molecule has 1 aliphatic rings. The second kappa shape index (κ2) is 6.95. The molecular weight excluding hydrogens is 410 g/mol. The Kier molecular flexibility index (Phi) is 4.72. The van der Waals surface area contributed by atoms with Gasteiger partial charge in [0.1, 0.15) is 0 Å². The van der Waals surface area contributed by atoms with E-state index in [0.717, 1.165) is 4.47 Å². The lowest BCUT2D eigenvalue weighted by Crippen LogP contribution is -2.27. The Bertz CT molecular complexity index is 931. The Morgan fingerprint density at radius 2 is 2.04 bits per heavy atom. The molecule has 1 heterocycles. The van der Waals surface area contributed by atoms with E-state index in [0.29, 0.717) is 16.9 Å². The third kappa shape index (κ3) is 3.64. The fraction of sp³-hybridized carbons (Fsp3) is 0. The summed E-state index contributed by atoms with van der Waals surface area (Å²) in [5, 5.41) is 20.4. The molecule has 0 atom stereocenters. The van der Waals surface area contributed by atoms with Crippen molar-refractivity contribution >= 4 is 61.9 Å². The van der Waals surface area contributed by atoms with Gasteiger partial charge in [0.15, 0.2) is 10.8 Å². The molecule has 0 saturated heterocycles. The van der Waals surface area contributed by atoms with Gasteiger partial charge in [-0.25, -0.2) is 0 Å². The van der Waals surface area contributed by atoms with Crippen LogP contribution in [0.3, 0.4) is 0 Å². The number of benzene rings is 2. The van der Waals surface area contributed by atoms with Crippen molar-refractivity contribution in [2.45, 2.75) is 0 Å². The van der Waals surface area contributed by atoms with Gasteiger partial charge in [0, 0.05) is 27.9 Å². The molecule has 1 aliphatic heterocycles. The lowest BCUT2D eigenvalue weighted by Gasteiger charge is -2.07. The molecule has 8 nitrogen and oxygen atoms in total. The van der Waals surface area contributed by atoms with Crippen LogP contribution in [-0.4, -0.2) is 21.7 Å². The average Bonchev–Trinajstić information content (AvgIpc) is 2.90. The zero-order valence-corrected chi connectivity index (χ0v) is 14.8. The maximum absolute atomic E-state index is 12.0. The van der Waals surface area contributed by atoms with E-state index >= 15 is 0 Å². The summed E-state index contributed by atoms with van der Waals surface area (Å²) < 4.78 is 0.724. The molecule has 3 rings (SSSR count). The zero-order chi connectivity index (χ0) is 18.0. The van der Waals surface area contributed by atoms with Gasteiger partial charge in [0.25, 0.3) is 11.6 Å². The van der Waals surface area contributed by atoms with Crippen LogP contribution in [0.25, 0.3) is 0 Å². The number of hydrogen-bond donors (Lipinski definition) is 3. The summed E-state index contributed by atoms with van der Waals surface area (Å²) in [6.07, 6.45) is 0. The fourth-order valence-electron chi connectivity index (χ4n) is 2.23. The van der Waals surface area contributed by atoms with Crippen LogP contribution >= 0.6 is 28.1 Å². The van der Waals surface area contributed by atoms with E-state index in [4.69, 9.17) is 12.2 Å². The number of amides is 1. The van der Waals surface area contributed by atoms with Crippen molar-refractivity contribution in [3.8, 4) is 0 Å². The number of hydrazone groups is 1. The fourth-order valence-corrected chi connectivity index (χ4v) is 2.95. The summed E-state index contributed by atoms with van der Waals surface area (Å²) in [5.74, 6) is -0.354. The Morgan fingerprint density at radius 3 is 2.80 bits per heavy atom. The van der Waals surface area contributed by atoms with Gasteiger partial charge in [-0.3, -0.25) is 20.3 Å². The maximum Gasteiger partial charge on any atom is 0.276 e. The predicted octanol–water partition coefficient (Wildman–Crippen LogP) is 3.00. The minimum atomic E-state index is -0.501. The first-order valence-corrected chi connectivity index (χ1v) is 8.15. The van der Waals surface area contributed by atoms with Crippen LogP contribution in [0.4, 0.5) is 17.1 Å². The van der Waals surface area contributed by atoms with Gasteiger partial charge in [0.2, 0.25) is 0 Å². The number of non-ortho nitro benzene ring substituents is 1. The summed E-state index contributed by atoms with van der Waals surface area (Å²) >= 11 is 8.49. The van der Waals surface area contributed by atoms with Crippen LogP contribution in [-0.2, 0) is 4.79 Å². The summed E-state index contributed by atoms with van der Waals surface area (Å²) in [6, 6.07) is 11.2. The highest BCUT2D eigenvalue weighted by Gasteiger charge is 2.28. The Hall–Kier alpha value is -2.85. The number of nitrogens with one attached hydrogen (secondary N) is 3. The lowest BCUT2D eigenvalue weighted by atomic mass is 10.1. The molecule has 126 valence electrons. The number of nitrogens with zero attached hydrogens (tertiary/aromatic N) is 2. The predicted molar refractivity (Wildman–Crippen MR) is 102 cm³/mol. The first-order chi connectivity index (χ1) is 12.0. The first kappa shape index (κ1) is 17.0.